The number of carbonyl (C=O) groups excluding carboxylic acids is 2. The molecule has 1 aromatic carbocycles. The third-order valence-electron chi connectivity index (χ3n) is 9.66. The van der Waals surface area contributed by atoms with Crippen molar-refractivity contribution in [3.05, 3.63) is 30.0 Å². The summed E-state index contributed by atoms with van der Waals surface area (Å²) in [5.41, 5.74) is 3.22. The number of amides is 2. The lowest BCUT2D eigenvalue weighted by Gasteiger charge is -2.35. The fourth-order valence-electron chi connectivity index (χ4n) is 6.84. The van der Waals surface area contributed by atoms with Crippen LogP contribution in [-0.2, 0) is 26.2 Å². The summed E-state index contributed by atoms with van der Waals surface area (Å²) in [5.74, 6) is 0.549. The molecular weight excluding hydrogens is 574 g/mol. The van der Waals surface area contributed by atoms with E-state index >= 15 is 0 Å². The van der Waals surface area contributed by atoms with E-state index in [4.69, 9.17) is 9.29 Å². The van der Waals surface area contributed by atoms with Gasteiger partial charge in [0.05, 0.1) is 47.3 Å². The van der Waals surface area contributed by atoms with Gasteiger partial charge >= 0.3 is 6.03 Å². The molecule has 7 rings (SSSR count). The fourth-order valence-corrected chi connectivity index (χ4v) is 8.14. The molecule has 1 aliphatic heterocycles. The van der Waals surface area contributed by atoms with Crippen LogP contribution in [0.15, 0.2) is 24.4 Å². The average molecular weight is 614 g/mol. The highest BCUT2D eigenvalue weighted by Crippen LogP contribution is 2.64. The molecule has 14 heteroatoms. The second kappa shape index (κ2) is 11.3. The Balaban J connectivity index is 0.000000185. The number of imidazole rings is 1. The first-order valence-electron chi connectivity index (χ1n) is 14.8. The van der Waals surface area contributed by atoms with Gasteiger partial charge in [-0.2, -0.15) is 13.5 Å². The number of ketones is 1. The minimum absolute atomic E-state index is 0.0152. The highest BCUT2D eigenvalue weighted by molar-refractivity contribution is 7.85. The topological polar surface area (TPSA) is 182 Å². The maximum absolute atomic E-state index is 12.0. The van der Waals surface area contributed by atoms with Gasteiger partial charge in [-0.25, -0.2) is 9.78 Å². The largest absolute Gasteiger partial charge is 0.379 e. The number of morpholine rings is 1. The standard InChI is InChI=1S/C19H23N7O2.C10H16O4S/c27-19(21-13-2-3-13)24-16-10-20-25-17(16)18-22-14-4-1-12(9-15(14)23-18)11-26-5-7-28-8-6-26;1-9(2)7-3-4-10(9,8(11)5-7)6-15(12,13)14/h1,4,9-10,13H,2-3,5-8,11H2,(H,20,25)(H,22,23)(H2,21,24,27);7H,3-6H2,1-2H3,(H,12,13,14). The summed E-state index contributed by atoms with van der Waals surface area (Å²) in [5, 5.41) is 12.8. The van der Waals surface area contributed by atoms with Crippen molar-refractivity contribution in [3.63, 3.8) is 0 Å². The van der Waals surface area contributed by atoms with E-state index in [1.165, 1.54) is 5.56 Å². The van der Waals surface area contributed by atoms with Crippen LogP contribution in [0.2, 0.25) is 0 Å². The predicted molar refractivity (Wildman–Crippen MR) is 160 cm³/mol. The number of urea groups is 1. The molecule has 232 valence electrons. The lowest BCUT2D eigenvalue weighted by atomic mass is 9.70. The smallest absolute Gasteiger partial charge is 0.319 e. The van der Waals surface area contributed by atoms with E-state index in [2.05, 4.69) is 47.8 Å². The van der Waals surface area contributed by atoms with Crippen LogP contribution in [0.1, 0.15) is 51.5 Å². The highest BCUT2D eigenvalue weighted by atomic mass is 32.2. The zero-order valence-corrected chi connectivity index (χ0v) is 25.3. The molecule has 5 N–H and O–H groups in total. The molecule has 2 aromatic heterocycles. The number of fused-ring (bicyclic) bond motifs is 3. The summed E-state index contributed by atoms with van der Waals surface area (Å²) in [4.78, 5) is 34.3. The summed E-state index contributed by atoms with van der Waals surface area (Å²) in [6.45, 7) is 8.28. The average Bonchev–Trinajstić information content (AvgIpc) is 3.29. The van der Waals surface area contributed by atoms with Gasteiger partial charge in [0.1, 0.15) is 11.5 Å². The zero-order chi connectivity index (χ0) is 30.4. The van der Waals surface area contributed by atoms with Gasteiger partial charge in [0.2, 0.25) is 0 Å². The molecule has 2 amide bonds. The van der Waals surface area contributed by atoms with Crippen LogP contribution in [0, 0.1) is 16.7 Å². The van der Waals surface area contributed by atoms with Crippen molar-refractivity contribution in [2.24, 2.45) is 16.7 Å². The Morgan fingerprint density at radius 2 is 1.98 bits per heavy atom. The molecule has 43 heavy (non-hydrogen) atoms. The van der Waals surface area contributed by atoms with Gasteiger partial charge in [-0.15, -0.1) is 0 Å². The first-order chi connectivity index (χ1) is 20.4. The fraction of sp³-hybridized carbons (Fsp3) is 0.586. The molecule has 3 aromatic rings. The number of ether oxygens (including phenoxy) is 1. The van der Waals surface area contributed by atoms with E-state index in [1.807, 2.05) is 19.9 Å². The molecule has 3 saturated carbocycles. The van der Waals surface area contributed by atoms with Crippen LogP contribution in [0.4, 0.5) is 10.5 Å². The minimum Gasteiger partial charge on any atom is -0.379 e. The van der Waals surface area contributed by atoms with E-state index in [9.17, 15) is 18.0 Å². The van der Waals surface area contributed by atoms with Crippen LogP contribution >= 0.6 is 0 Å². The van der Waals surface area contributed by atoms with E-state index in [-0.39, 0.29) is 23.1 Å². The quantitative estimate of drug-likeness (QED) is 0.250. The van der Waals surface area contributed by atoms with Crippen LogP contribution in [0.5, 0.6) is 0 Å². The highest BCUT2D eigenvalue weighted by Gasteiger charge is 2.65. The van der Waals surface area contributed by atoms with Gasteiger partial charge < -0.3 is 20.4 Å². The Kier molecular flexibility index (Phi) is 7.82. The number of H-pyrrole nitrogens is 2. The van der Waals surface area contributed by atoms with Crippen LogP contribution in [0.25, 0.3) is 22.6 Å². The molecular formula is C29H39N7O6S. The zero-order valence-electron chi connectivity index (χ0n) is 24.5. The Morgan fingerprint density at radius 1 is 1.21 bits per heavy atom. The number of aromatic nitrogens is 4. The van der Waals surface area contributed by atoms with E-state index in [0.29, 0.717) is 36.1 Å². The third kappa shape index (κ3) is 6.19. The molecule has 3 aliphatic carbocycles. The monoisotopic (exact) mass is 613 g/mol. The lowest BCUT2D eigenvalue weighted by Crippen LogP contribution is -2.42. The number of hydrogen-bond donors (Lipinski definition) is 5. The maximum Gasteiger partial charge on any atom is 0.319 e. The normalized spacial score (nSPS) is 25.0. The SMILES string of the molecule is CC1(C)C2CCC1(CS(=O)(=O)O)C(=O)C2.O=C(Nc1cn[nH]c1-c1nc2ccc(CN3CCOCC3)cc2[nH]1)NC1CC1. The van der Waals surface area contributed by atoms with Gasteiger partial charge in [-0.05, 0) is 54.7 Å². The van der Waals surface area contributed by atoms with Crippen LogP contribution in [-0.4, -0.2) is 87.9 Å². The molecule has 13 nitrogen and oxygen atoms in total. The van der Waals surface area contributed by atoms with Crippen molar-refractivity contribution in [1.82, 2.24) is 30.4 Å². The van der Waals surface area contributed by atoms with Gasteiger partial charge in [-0.1, -0.05) is 19.9 Å². The van der Waals surface area contributed by atoms with Crippen molar-refractivity contribution in [2.75, 3.05) is 37.4 Å². The first kappa shape index (κ1) is 29.7. The van der Waals surface area contributed by atoms with Crippen molar-refractivity contribution in [1.29, 1.82) is 0 Å². The summed E-state index contributed by atoms with van der Waals surface area (Å²) >= 11 is 0. The molecule has 3 heterocycles. The minimum atomic E-state index is -4.08. The molecule has 4 fully saturated rings. The molecule has 2 unspecified atom stereocenters. The number of anilines is 1. The summed E-state index contributed by atoms with van der Waals surface area (Å²) in [7, 11) is -4.08. The lowest BCUT2D eigenvalue weighted by molar-refractivity contribution is -0.128. The number of rotatable bonds is 7. The number of hydrogen-bond acceptors (Lipinski definition) is 8. The van der Waals surface area contributed by atoms with E-state index < -0.39 is 21.3 Å². The number of aromatic amines is 2. The maximum atomic E-state index is 12.0. The number of benzene rings is 1. The Bertz CT molecular complexity index is 1620. The van der Waals surface area contributed by atoms with Gasteiger partial charge in [0.15, 0.2) is 5.82 Å². The predicted octanol–water partition coefficient (Wildman–Crippen LogP) is 3.34. The Morgan fingerprint density at radius 3 is 2.63 bits per heavy atom. The van der Waals surface area contributed by atoms with E-state index in [0.717, 1.165) is 63.1 Å². The first-order valence-corrected chi connectivity index (χ1v) is 16.4. The number of carbonyl (C=O) groups is 2. The Hall–Kier alpha value is -3.33. The Labute approximate surface area is 250 Å². The number of Topliss-reactive ketones (excluding diaryl/α,β-unsaturated/α-hetero) is 1. The molecule has 0 radical (unpaired) electrons. The van der Waals surface area contributed by atoms with Crippen molar-refractivity contribution in [2.45, 2.75) is 58.5 Å². The number of nitrogens with zero attached hydrogens (tertiary/aromatic N) is 3. The second-order valence-electron chi connectivity index (χ2n) is 12.7. The van der Waals surface area contributed by atoms with Crippen molar-refractivity contribution in [3.8, 4) is 11.5 Å². The second-order valence-corrected chi connectivity index (χ2v) is 14.2. The molecule has 2 atom stereocenters. The van der Waals surface area contributed by atoms with Gasteiger partial charge in [0.25, 0.3) is 10.1 Å². The molecule has 4 aliphatic rings. The van der Waals surface area contributed by atoms with Gasteiger partial charge in [-0.3, -0.25) is 19.3 Å². The number of nitrogens with one attached hydrogen (secondary N) is 4. The van der Waals surface area contributed by atoms with Crippen LogP contribution in [0.3, 0.4) is 0 Å². The van der Waals surface area contributed by atoms with Crippen LogP contribution < -0.4 is 10.6 Å². The third-order valence-corrected chi connectivity index (χ3v) is 10.5. The summed E-state index contributed by atoms with van der Waals surface area (Å²) in [6, 6.07) is 6.34. The molecule has 2 bridgehead atoms. The molecule has 0 spiro atoms. The summed E-state index contributed by atoms with van der Waals surface area (Å²) < 4.78 is 36.4. The molecule has 1 saturated heterocycles. The van der Waals surface area contributed by atoms with E-state index in [1.54, 1.807) is 6.20 Å². The van der Waals surface area contributed by atoms with Crippen molar-refractivity contribution >= 4 is 38.7 Å². The van der Waals surface area contributed by atoms with Gasteiger partial charge in [0, 0.05) is 32.1 Å². The summed E-state index contributed by atoms with van der Waals surface area (Å²) in [6.07, 6.45) is 5.66. The van der Waals surface area contributed by atoms with Crippen molar-refractivity contribution < 1.29 is 27.3 Å².